The highest BCUT2D eigenvalue weighted by molar-refractivity contribution is 5.89. The average molecular weight is 459 g/mol. The quantitative estimate of drug-likeness (QED) is 0.301. The van der Waals surface area contributed by atoms with Gasteiger partial charge in [-0.25, -0.2) is 5.48 Å². The van der Waals surface area contributed by atoms with Gasteiger partial charge in [0.15, 0.2) is 0 Å². The Morgan fingerprint density at radius 3 is 2.24 bits per heavy atom. The van der Waals surface area contributed by atoms with Gasteiger partial charge in [0.05, 0.1) is 17.8 Å². The number of allylic oxidation sites excluding steroid dienone is 1. The van der Waals surface area contributed by atoms with Gasteiger partial charge in [-0.2, -0.15) is 0 Å². The molecule has 0 bridgehead atoms. The highest BCUT2D eigenvalue weighted by Gasteiger charge is 2.36. The third-order valence-electron chi connectivity index (χ3n) is 5.68. The van der Waals surface area contributed by atoms with E-state index >= 15 is 0 Å². The van der Waals surface area contributed by atoms with Crippen molar-refractivity contribution >= 4 is 23.8 Å². The molecule has 3 amide bonds. The summed E-state index contributed by atoms with van der Waals surface area (Å²) in [6, 6.07) is 9.66. The normalized spacial score (nSPS) is 15.8. The Kier molecular flexibility index (Phi) is 10.5. The predicted octanol–water partition coefficient (Wildman–Crippen LogP) is 2.61. The number of rotatable bonds is 11. The molecular weight excluding hydrogens is 420 g/mol. The number of carbonyl (C=O) groups is 3. The summed E-state index contributed by atoms with van der Waals surface area (Å²) in [5.41, 5.74) is 5.51. The van der Waals surface area contributed by atoms with Crippen LogP contribution in [-0.2, 0) is 14.4 Å². The van der Waals surface area contributed by atoms with Crippen LogP contribution in [0.15, 0.2) is 36.4 Å². The SMILES string of the molecule is CC(C)C[C@@H](C(=O)NN(CC(C)C)C(=O)C1CNC1)[C@H](C/C=C/c1ccccc1)C(=O)NO. The number of amides is 3. The first-order valence-corrected chi connectivity index (χ1v) is 11.7. The summed E-state index contributed by atoms with van der Waals surface area (Å²) in [6.07, 6.45) is 4.45. The molecule has 33 heavy (non-hydrogen) atoms. The van der Waals surface area contributed by atoms with E-state index in [9.17, 15) is 19.6 Å². The van der Waals surface area contributed by atoms with Crippen molar-refractivity contribution in [2.45, 2.75) is 40.5 Å². The first kappa shape index (κ1) is 26.5. The molecule has 1 saturated heterocycles. The topological polar surface area (TPSA) is 111 Å². The smallest absolute Gasteiger partial charge is 0.247 e. The van der Waals surface area contributed by atoms with Crippen LogP contribution in [-0.4, -0.2) is 47.6 Å². The van der Waals surface area contributed by atoms with E-state index in [4.69, 9.17) is 0 Å². The maximum Gasteiger partial charge on any atom is 0.247 e. The molecule has 182 valence electrons. The Bertz CT molecular complexity index is 806. The number of carbonyl (C=O) groups excluding carboxylic acids is 3. The van der Waals surface area contributed by atoms with Crippen molar-refractivity contribution in [3.63, 3.8) is 0 Å². The van der Waals surface area contributed by atoms with Crippen LogP contribution >= 0.6 is 0 Å². The zero-order valence-electron chi connectivity index (χ0n) is 20.1. The lowest BCUT2D eigenvalue weighted by Crippen LogP contribution is -2.58. The number of nitrogens with zero attached hydrogens (tertiary/aromatic N) is 1. The summed E-state index contributed by atoms with van der Waals surface area (Å²) in [7, 11) is 0. The van der Waals surface area contributed by atoms with Crippen LogP contribution in [0.4, 0.5) is 0 Å². The molecule has 0 saturated carbocycles. The van der Waals surface area contributed by atoms with E-state index in [0.29, 0.717) is 26.1 Å². The Labute approximate surface area is 196 Å². The van der Waals surface area contributed by atoms with Crippen LogP contribution in [0.1, 0.15) is 46.1 Å². The van der Waals surface area contributed by atoms with E-state index < -0.39 is 17.7 Å². The van der Waals surface area contributed by atoms with Gasteiger partial charge in [0, 0.05) is 19.6 Å². The van der Waals surface area contributed by atoms with E-state index in [2.05, 4.69) is 10.7 Å². The molecule has 0 aromatic heterocycles. The van der Waals surface area contributed by atoms with Gasteiger partial charge in [-0.05, 0) is 30.2 Å². The van der Waals surface area contributed by atoms with Crippen molar-refractivity contribution in [2.75, 3.05) is 19.6 Å². The maximum absolute atomic E-state index is 13.4. The van der Waals surface area contributed by atoms with E-state index in [-0.39, 0.29) is 36.0 Å². The van der Waals surface area contributed by atoms with Crippen LogP contribution in [0, 0.1) is 29.6 Å². The summed E-state index contributed by atoms with van der Waals surface area (Å²) in [5, 5.41) is 13.8. The fraction of sp³-hybridized carbons (Fsp3) is 0.560. The summed E-state index contributed by atoms with van der Waals surface area (Å²) in [5.74, 6) is -2.46. The Balaban J connectivity index is 2.21. The van der Waals surface area contributed by atoms with Crippen molar-refractivity contribution in [3.05, 3.63) is 42.0 Å². The molecule has 1 aromatic carbocycles. The van der Waals surface area contributed by atoms with Crippen LogP contribution < -0.4 is 16.2 Å². The maximum atomic E-state index is 13.4. The van der Waals surface area contributed by atoms with Crippen molar-refractivity contribution in [3.8, 4) is 0 Å². The summed E-state index contributed by atoms with van der Waals surface area (Å²) < 4.78 is 0. The molecule has 1 aliphatic heterocycles. The molecule has 2 atom stereocenters. The lowest BCUT2D eigenvalue weighted by Gasteiger charge is -2.35. The molecule has 1 heterocycles. The Morgan fingerprint density at radius 1 is 1.06 bits per heavy atom. The molecule has 0 radical (unpaired) electrons. The lowest BCUT2D eigenvalue weighted by molar-refractivity contribution is -0.150. The second-order valence-corrected chi connectivity index (χ2v) is 9.54. The number of benzene rings is 1. The largest absolute Gasteiger partial charge is 0.315 e. The molecule has 0 unspecified atom stereocenters. The Morgan fingerprint density at radius 2 is 1.73 bits per heavy atom. The van der Waals surface area contributed by atoms with Crippen molar-refractivity contribution in [2.24, 2.45) is 29.6 Å². The van der Waals surface area contributed by atoms with Crippen LogP contribution in [0.2, 0.25) is 0 Å². The zero-order chi connectivity index (χ0) is 24.4. The number of nitrogens with one attached hydrogen (secondary N) is 3. The highest BCUT2D eigenvalue weighted by atomic mass is 16.5. The van der Waals surface area contributed by atoms with Crippen LogP contribution in [0.3, 0.4) is 0 Å². The van der Waals surface area contributed by atoms with Crippen molar-refractivity contribution < 1.29 is 19.6 Å². The van der Waals surface area contributed by atoms with Gasteiger partial charge in [0.2, 0.25) is 17.7 Å². The second-order valence-electron chi connectivity index (χ2n) is 9.54. The van der Waals surface area contributed by atoms with Crippen molar-refractivity contribution in [1.29, 1.82) is 0 Å². The minimum absolute atomic E-state index is 0.119. The fourth-order valence-electron chi connectivity index (χ4n) is 3.87. The average Bonchev–Trinajstić information content (AvgIpc) is 2.73. The summed E-state index contributed by atoms with van der Waals surface area (Å²) >= 11 is 0. The van der Waals surface area contributed by atoms with Crippen LogP contribution in [0.25, 0.3) is 6.08 Å². The molecule has 1 aliphatic rings. The molecule has 0 aliphatic carbocycles. The standard InChI is InChI=1S/C25H38N4O4/c1-17(2)13-22(21(24(31)28-33)12-8-11-19-9-6-5-7-10-19)23(30)27-29(16-18(3)4)25(32)20-14-26-15-20/h5-11,17-18,20-22,26,33H,12-16H2,1-4H3,(H,27,30)(H,28,31)/b11-8+/t21-,22+/m0/s1. The minimum atomic E-state index is -0.779. The summed E-state index contributed by atoms with van der Waals surface area (Å²) in [6.45, 7) is 9.49. The van der Waals surface area contributed by atoms with E-state index in [0.717, 1.165) is 5.56 Å². The van der Waals surface area contributed by atoms with Gasteiger partial charge < -0.3 is 5.32 Å². The monoisotopic (exact) mass is 458 g/mol. The van der Waals surface area contributed by atoms with E-state index in [1.165, 1.54) is 5.01 Å². The van der Waals surface area contributed by atoms with E-state index in [1.54, 1.807) is 5.48 Å². The molecule has 8 heteroatoms. The van der Waals surface area contributed by atoms with Gasteiger partial charge in [0.25, 0.3) is 0 Å². The van der Waals surface area contributed by atoms with Gasteiger partial charge in [-0.1, -0.05) is 70.2 Å². The van der Waals surface area contributed by atoms with Gasteiger partial charge >= 0.3 is 0 Å². The first-order valence-electron chi connectivity index (χ1n) is 11.7. The van der Waals surface area contributed by atoms with Gasteiger partial charge in [-0.3, -0.25) is 30.0 Å². The van der Waals surface area contributed by atoms with Crippen molar-refractivity contribution in [1.82, 2.24) is 21.2 Å². The second kappa shape index (κ2) is 13.1. The molecule has 8 nitrogen and oxygen atoms in total. The number of hydrogen-bond acceptors (Lipinski definition) is 5. The number of hydrazine groups is 1. The predicted molar refractivity (Wildman–Crippen MR) is 128 cm³/mol. The highest BCUT2D eigenvalue weighted by Crippen LogP contribution is 2.26. The van der Waals surface area contributed by atoms with Gasteiger partial charge in [-0.15, -0.1) is 0 Å². The third-order valence-corrected chi connectivity index (χ3v) is 5.68. The first-order chi connectivity index (χ1) is 15.7. The molecular formula is C25H38N4O4. The summed E-state index contributed by atoms with van der Waals surface area (Å²) in [4.78, 5) is 38.8. The number of hydroxylamine groups is 1. The number of hydrogen-bond donors (Lipinski definition) is 4. The fourth-order valence-corrected chi connectivity index (χ4v) is 3.87. The van der Waals surface area contributed by atoms with Crippen LogP contribution in [0.5, 0.6) is 0 Å². The zero-order valence-corrected chi connectivity index (χ0v) is 20.1. The molecule has 2 rings (SSSR count). The van der Waals surface area contributed by atoms with Gasteiger partial charge in [0.1, 0.15) is 0 Å². The molecule has 1 aromatic rings. The Hall–Kier alpha value is -2.71. The molecule has 4 N–H and O–H groups in total. The minimum Gasteiger partial charge on any atom is -0.315 e. The third kappa shape index (κ3) is 8.29. The lowest BCUT2D eigenvalue weighted by atomic mass is 9.82. The molecule has 0 spiro atoms. The molecule has 1 fully saturated rings. The van der Waals surface area contributed by atoms with E-state index in [1.807, 2.05) is 70.2 Å².